The Morgan fingerprint density at radius 3 is 2.81 bits per heavy atom. The molecular formula is C16H19N5. The summed E-state index contributed by atoms with van der Waals surface area (Å²) >= 11 is 0. The number of hydrogen-bond donors (Lipinski definition) is 1. The van der Waals surface area contributed by atoms with Gasteiger partial charge in [-0.05, 0) is 17.7 Å². The summed E-state index contributed by atoms with van der Waals surface area (Å²) in [4.78, 5) is 6.84. The van der Waals surface area contributed by atoms with E-state index < -0.39 is 0 Å². The first-order valence-electron chi connectivity index (χ1n) is 6.95. The average molecular weight is 281 g/mol. The van der Waals surface area contributed by atoms with Crippen molar-refractivity contribution in [1.29, 1.82) is 0 Å². The van der Waals surface area contributed by atoms with E-state index >= 15 is 0 Å². The number of rotatable bonds is 4. The summed E-state index contributed by atoms with van der Waals surface area (Å²) in [5.41, 5.74) is 9.14. The molecule has 0 amide bonds. The highest BCUT2D eigenvalue weighted by Gasteiger charge is 2.09. The van der Waals surface area contributed by atoms with Gasteiger partial charge >= 0.3 is 0 Å². The molecule has 2 aromatic heterocycles. The van der Waals surface area contributed by atoms with Crippen LogP contribution in [0.15, 0.2) is 42.7 Å². The Bertz CT molecular complexity index is 762. The van der Waals surface area contributed by atoms with E-state index in [2.05, 4.69) is 22.1 Å². The number of fused-ring (bicyclic) bond motifs is 1. The van der Waals surface area contributed by atoms with Crippen LogP contribution in [0, 0.1) is 0 Å². The summed E-state index contributed by atoms with van der Waals surface area (Å²) in [6.45, 7) is 1.28. The van der Waals surface area contributed by atoms with E-state index in [1.165, 1.54) is 0 Å². The molecule has 2 N–H and O–H groups in total. The molecule has 0 atom stereocenters. The molecule has 0 aliphatic rings. The molecule has 0 aliphatic carbocycles. The van der Waals surface area contributed by atoms with E-state index in [0.717, 1.165) is 34.4 Å². The topological polar surface area (TPSA) is 60.0 Å². The van der Waals surface area contributed by atoms with Crippen molar-refractivity contribution in [3.63, 3.8) is 0 Å². The van der Waals surface area contributed by atoms with Gasteiger partial charge in [0.15, 0.2) is 0 Å². The third-order valence-corrected chi connectivity index (χ3v) is 3.58. The Morgan fingerprint density at radius 1 is 1.29 bits per heavy atom. The number of aryl methyl sites for hydroxylation is 1. The summed E-state index contributed by atoms with van der Waals surface area (Å²) in [7, 11) is 3.95. The van der Waals surface area contributed by atoms with Crippen molar-refractivity contribution in [3.8, 4) is 0 Å². The molecule has 0 saturated carbocycles. The zero-order chi connectivity index (χ0) is 14.8. The van der Waals surface area contributed by atoms with Gasteiger partial charge in [-0.2, -0.15) is 5.10 Å². The maximum Gasteiger partial charge on any atom is 0.129 e. The maximum absolute atomic E-state index is 5.88. The second kappa shape index (κ2) is 5.54. The lowest BCUT2D eigenvalue weighted by molar-refractivity contribution is 0.766. The van der Waals surface area contributed by atoms with Gasteiger partial charge in [-0.1, -0.05) is 18.2 Å². The maximum atomic E-state index is 5.88. The van der Waals surface area contributed by atoms with E-state index in [1.807, 2.05) is 49.4 Å². The highest BCUT2D eigenvalue weighted by Crippen LogP contribution is 2.23. The highest BCUT2D eigenvalue weighted by molar-refractivity contribution is 5.84. The van der Waals surface area contributed by atoms with Gasteiger partial charge in [0.05, 0.1) is 11.7 Å². The molecule has 0 saturated heterocycles. The molecule has 0 aliphatic heterocycles. The number of nitrogens with two attached hydrogens (primary N) is 1. The van der Waals surface area contributed by atoms with Gasteiger partial charge in [-0.15, -0.1) is 0 Å². The molecule has 1 aromatic carbocycles. The molecule has 0 bridgehead atoms. The van der Waals surface area contributed by atoms with Crippen LogP contribution >= 0.6 is 0 Å². The van der Waals surface area contributed by atoms with Crippen LogP contribution in [0.3, 0.4) is 0 Å². The summed E-state index contributed by atoms with van der Waals surface area (Å²) in [6, 6.07) is 10.2. The minimum Gasteiger partial charge on any atom is -0.355 e. The minimum atomic E-state index is 0.511. The third kappa shape index (κ3) is 2.73. The monoisotopic (exact) mass is 281 g/mol. The van der Waals surface area contributed by atoms with Crippen molar-refractivity contribution < 1.29 is 0 Å². The fourth-order valence-corrected chi connectivity index (χ4v) is 2.50. The largest absolute Gasteiger partial charge is 0.355 e. The third-order valence-electron chi connectivity index (χ3n) is 3.58. The van der Waals surface area contributed by atoms with Gasteiger partial charge in [0, 0.05) is 44.3 Å². The van der Waals surface area contributed by atoms with Gasteiger partial charge < -0.3 is 10.6 Å². The Labute approximate surface area is 124 Å². The fraction of sp³-hybridized carbons (Fsp3) is 0.250. The second-order valence-corrected chi connectivity index (χ2v) is 5.24. The van der Waals surface area contributed by atoms with E-state index in [-0.39, 0.29) is 0 Å². The van der Waals surface area contributed by atoms with E-state index in [1.54, 1.807) is 0 Å². The van der Waals surface area contributed by atoms with Crippen LogP contribution in [-0.2, 0) is 20.1 Å². The second-order valence-electron chi connectivity index (χ2n) is 5.24. The van der Waals surface area contributed by atoms with E-state index in [4.69, 9.17) is 10.7 Å². The molecule has 5 heteroatoms. The number of pyridine rings is 1. The van der Waals surface area contributed by atoms with Gasteiger partial charge in [0.25, 0.3) is 0 Å². The van der Waals surface area contributed by atoms with Crippen LogP contribution in [0.5, 0.6) is 0 Å². The first-order chi connectivity index (χ1) is 10.2. The molecule has 5 nitrogen and oxygen atoms in total. The number of nitrogens with zero attached hydrogens (tertiary/aromatic N) is 4. The van der Waals surface area contributed by atoms with Crippen LogP contribution in [0.4, 0.5) is 5.82 Å². The normalized spacial score (nSPS) is 11.0. The lowest BCUT2D eigenvalue weighted by Crippen LogP contribution is -2.18. The highest BCUT2D eigenvalue weighted by atomic mass is 15.2. The predicted molar refractivity (Wildman–Crippen MR) is 84.9 cm³/mol. The molecule has 3 aromatic rings. The minimum absolute atomic E-state index is 0.511. The van der Waals surface area contributed by atoms with Crippen molar-refractivity contribution in [2.24, 2.45) is 12.8 Å². The van der Waals surface area contributed by atoms with Crippen molar-refractivity contribution >= 4 is 16.7 Å². The van der Waals surface area contributed by atoms with Gasteiger partial charge in [-0.25, -0.2) is 4.98 Å². The Hall–Kier alpha value is -2.40. The zero-order valence-electron chi connectivity index (χ0n) is 12.3. The molecular weight excluding hydrogens is 262 g/mol. The van der Waals surface area contributed by atoms with Gasteiger partial charge in [0.1, 0.15) is 5.82 Å². The smallest absolute Gasteiger partial charge is 0.129 e. The first kappa shape index (κ1) is 13.6. The summed E-state index contributed by atoms with van der Waals surface area (Å²) < 4.78 is 1.81. The Kier molecular flexibility index (Phi) is 3.58. The van der Waals surface area contributed by atoms with Crippen molar-refractivity contribution in [1.82, 2.24) is 14.8 Å². The van der Waals surface area contributed by atoms with Crippen LogP contribution in [0.1, 0.15) is 11.1 Å². The van der Waals surface area contributed by atoms with Crippen LogP contribution < -0.4 is 10.6 Å². The Morgan fingerprint density at radius 2 is 2.10 bits per heavy atom. The quantitative estimate of drug-likeness (QED) is 0.795. The van der Waals surface area contributed by atoms with Crippen molar-refractivity contribution in [3.05, 3.63) is 53.9 Å². The number of benzene rings is 1. The molecule has 21 heavy (non-hydrogen) atoms. The van der Waals surface area contributed by atoms with Crippen LogP contribution in [-0.4, -0.2) is 21.8 Å². The van der Waals surface area contributed by atoms with E-state index in [9.17, 15) is 0 Å². The van der Waals surface area contributed by atoms with Gasteiger partial charge in [0.2, 0.25) is 0 Å². The van der Waals surface area contributed by atoms with Crippen molar-refractivity contribution in [2.75, 3.05) is 11.9 Å². The number of hydrogen-bond acceptors (Lipinski definition) is 4. The summed E-state index contributed by atoms with van der Waals surface area (Å²) in [5.74, 6) is 0.929. The standard InChI is InChI=1S/C16H19N5/c1-20(10-12-9-18-21(2)11-12)16-7-13(8-17)14-5-3-4-6-15(14)19-16/h3-7,9,11H,8,10,17H2,1-2H3. The zero-order valence-corrected chi connectivity index (χ0v) is 12.3. The molecule has 2 heterocycles. The lowest BCUT2D eigenvalue weighted by atomic mass is 10.1. The molecule has 0 radical (unpaired) electrons. The average Bonchev–Trinajstić information content (AvgIpc) is 2.91. The first-order valence-corrected chi connectivity index (χ1v) is 6.95. The molecule has 0 fully saturated rings. The number of anilines is 1. The van der Waals surface area contributed by atoms with Crippen molar-refractivity contribution in [2.45, 2.75) is 13.1 Å². The van der Waals surface area contributed by atoms with Crippen LogP contribution in [0.2, 0.25) is 0 Å². The molecule has 3 rings (SSSR count). The fourth-order valence-electron chi connectivity index (χ4n) is 2.50. The SMILES string of the molecule is CN(Cc1cnn(C)c1)c1cc(CN)c2ccccc2n1. The molecule has 0 unspecified atom stereocenters. The summed E-state index contributed by atoms with van der Waals surface area (Å²) in [5, 5.41) is 5.32. The van der Waals surface area contributed by atoms with E-state index in [0.29, 0.717) is 6.54 Å². The lowest BCUT2D eigenvalue weighted by Gasteiger charge is -2.19. The molecule has 108 valence electrons. The number of para-hydroxylation sites is 1. The Balaban J connectivity index is 1.95. The summed E-state index contributed by atoms with van der Waals surface area (Å²) in [6.07, 6.45) is 3.89. The molecule has 0 spiro atoms. The predicted octanol–water partition coefficient (Wildman–Crippen LogP) is 2.06. The number of aromatic nitrogens is 3. The van der Waals surface area contributed by atoms with Gasteiger partial charge in [-0.3, -0.25) is 4.68 Å². The van der Waals surface area contributed by atoms with Crippen LogP contribution in [0.25, 0.3) is 10.9 Å².